The lowest BCUT2D eigenvalue weighted by molar-refractivity contribution is 0.0680. The third kappa shape index (κ3) is 12.1. The summed E-state index contributed by atoms with van der Waals surface area (Å²) in [5.74, 6) is -2.72. The number of thiazole rings is 2. The van der Waals surface area contributed by atoms with Crippen LogP contribution in [-0.2, 0) is 26.7 Å². The van der Waals surface area contributed by atoms with E-state index in [2.05, 4.69) is 46.2 Å². The van der Waals surface area contributed by atoms with Gasteiger partial charge >= 0.3 is 24.0 Å². The molecule has 0 fully saturated rings. The number of ether oxygens (including phenoxy) is 2. The smallest absolute Gasteiger partial charge is 0.356 e. The number of aromatic carboxylic acids is 2. The molecule has 7 N–H and O–H groups in total. The van der Waals surface area contributed by atoms with Gasteiger partial charge in [0, 0.05) is 30.6 Å². The average molecular weight is 1100 g/mol. The maximum absolute atomic E-state index is 13.3. The van der Waals surface area contributed by atoms with Gasteiger partial charge in [-0.05, 0) is 62.4 Å². The van der Waals surface area contributed by atoms with E-state index in [9.17, 15) is 45.6 Å². The molecule has 0 atom stereocenters. The third-order valence-electron chi connectivity index (χ3n) is 10.3. The van der Waals surface area contributed by atoms with Crippen LogP contribution in [0.3, 0.4) is 0 Å². The van der Waals surface area contributed by atoms with Crippen LogP contribution in [0.25, 0.3) is 0 Å². The fourth-order valence-corrected chi connectivity index (χ4v) is 11.5. The molecule has 75 heavy (non-hydrogen) atoms. The summed E-state index contributed by atoms with van der Waals surface area (Å²) in [5, 5.41) is 27.0. The van der Waals surface area contributed by atoms with E-state index in [1.807, 2.05) is 0 Å². The number of hydrogen-bond donors (Lipinski definition) is 7. The van der Waals surface area contributed by atoms with Crippen LogP contribution in [-0.4, -0.2) is 106 Å². The van der Waals surface area contributed by atoms with Crippen molar-refractivity contribution in [1.82, 2.24) is 29.5 Å². The van der Waals surface area contributed by atoms with Crippen molar-refractivity contribution in [2.75, 3.05) is 35.5 Å². The van der Waals surface area contributed by atoms with Crippen molar-refractivity contribution in [3.63, 3.8) is 0 Å². The van der Waals surface area contributed by atoms with Gasteiger partial charge in [-0.2, -0.15) is 0 Å². The SMILES string of the molecule is COc1ccccc1C(=O)c1cc(C)ccc1NC(=O)Nc1ncc(S(=O)(=O)c2nc(C(=O)O)c[nH]2)s1.COc1ccccc1C(=O)c1cc(C)ccc1NC(=O)Nc1ncc(S(=O)(=O)c2nc(C(=O)O)cn2C)s1. The first-order chi connectivity index (χ1) is 35.6. The molecule has 0 bridgehead atoms. The number of sulfone groups is 2. The van der Waals surface area contributed by atoms with Gasteiger partial charge in [0.2, 0.25) is 10.3 Å². The third-order valence-corrected chi connectivity index (χ3v) is 16.4. The first-order valence-corrected chi connectivity index (χ1v) is 25.9. The molecule has 0 aliphatic carbocycles. The minimum absolute atomic E-state index is 0.0431. The molecule has 4 heterocycles. The van der Waals surface area contributed by atoms with Crippen molar-refractivity contribution in [2.24, 2.45) is 7.05 Å². The van der Waals surface area contributed by atoms with Crippen LogP contribution < -0.4 is 30.7 Å². The zero-order valence-electron chi connectivity index (χ0n) is 39.6. The predicted molar refractivity (Wildman–Crippen MR) is 271 cm³/mol. The summed E-state index contributed by atoms with van der Waals surface area (Å²) < 4.78 is 62.4. The summed E-state index contributed by atoms with van der Waals surface area (Å²) in [5.41, 5.74) is 2.25. The Hall–Kier alpha value is -9.12. The summed E-state index contributed by atoms with van der Waals surface area (Å²) in [6.45, 7) is 3.61. The number of hydrogen-bond acceptors (Lipinski definition) is 18. The molecule has 28 heteroatoms. The zero-order chi connectivity index (χ0) is 54.4. The van der Waals surface area contributed by atoms with Gasteiger partial charge in [-0.15, -0.1) is 0 Å². The highest BCUT2D eigenvalue weighted by atomic mass is 32.2. The largest absolute Gasteiger partial charge is 0.496 e. The molecule has 0 aliphatic rings. The number of carboxylic acid groups (broad SMARTS) is 2. The Morgan fingerprint density at radius 1 is 0.600 bits per heavy atom. The molecule has 24 nitrogen and oxygen atoms in total. The molecule has 0 saturated carbocycles. The fraction of sp³-hybridized carbons (Fsp3) is 0.106. The van der Waals surface area contributed by atoms with Crippen molar-refractivity contribution in [3.8, 4) is 11.5 Å². The van der Waals surface area contributed by atoms with Crippen LogP contribution in [0, 0.1) is 13.8 Å². The van der Waals surface area contributed by atoms with E-state index >= 15 is 0 Å². The first kappa shape index (κ1) is 53.7. The van der Waals surface area contributed by atoms with Crippen LogP contribution in [0.2, 0.25) is 0 Å². The van der Waals surface area contributed by atoms with Crippen molar-refractivity contribution < 1.29 is 65.3 Å². The fourth-order valence-electron chi connectivity index (χ4n) is 6.79. The van der Waals surface area contributed by atoms with Gasteiger partial charge in [-0.25, -0.2) is 55.9 Å². The second kappa shape index (κ2) is 22.3. The number of aryl methyl sites for hydroxylation is 3. The summed E-state index contributed by atoms with van der Waals surface area (Å²) >= 11 is 1.30. The highest BCUT2D eigenvalue weighted by Crippen LogP contribution is 2.32. The Balaban J connectivity index is 0.000000219. The number of aromatic nitrogens is 6. The maximum Gasteiger partial charge on any atom is 0.356 e. The van der Waals surface area contributed by atoms with Crippen LogP contribution in [0.1, 0.15) is 63.9 Å². The lowest BCUT2D eigenvalue weighted by atomic mass is 9.99. The van der Waals surface area contributed by atoms with E-state index in [0.717, 1.165) is 40.5 Å². The molecule has 8 aromatic rings. The lowest BCUT2D eigenvalue weighted by Gasteiger charge is -2.13. The van der Waals surface area contributed by atoms with Gasteiger partial charge in [-0.1, -0.05) is 70.2 Å². The number of rotatable bonds is 16. The molecule has 4 aromatic heterocycles. The number of imidazole rings is 2. The van der Waals surface area contributed by atoms with Crippen LogP contribution in [0.4, 0.5) is 31.2 Å². The number of H-pyrrole nitrogens is 1. The number of carbonyl (C=O) groups excluding carboxylic acids is 4. The highest BCUT2D eigenvalue weighted by molar-refractivity contribution is 7.93. The molecular formula is C47H40N10O14S4. The van der Waals surface area contributed by atoms with E-state index in [1.54, 1.807) is 98.8 Å². The van der Waals surface area contributed by atoms with Gasteiger partial charge in [0.15, 0.2) is 33.2 Å². The van der Waals surface area contributed by atoms with Crippen LogP contribution in [0.5, 0.6) is 11.5 Å². The molecule has 0 aliphatic heterocycles. The second-order valence-corrected chi connectivity index (χ2v) is 21.7. The molecule has 4 aromatic carbocycles. The highest BCUT2D eigenvalue weighted by Gasteiger charge is 2.29. The van der Waals surface area contributed by atoms with Crippen molar-refractivity contribution >= 4 is 99.6 Å². The van der Waals surface area contributed by atoms with Gasteiger partial charge < -0.3 is 39.9 Å². The Bertz CT molecular complexity index is 3790. The maximum atomic E-state index is 13.3. The second-order valence-electron chi connectivity index (χ2n) is 15.5. The number of methoxy groups -OCH3 is 2. The van der Waals surface area contributed by atoms with Gasteiger partial charge in [-0.3, -0.25) is 20.2 Å². The molecule has 8 rings (SSSR count). The molecule has 0 radical (unpaired) electrons. The average Bonchev–Trinajstić information content (AvgIpc) is 4.24. The number of aromatic amines is 1. The molecular weight excluding hydrogens is 1060 g/mol. The van der Waals surface area contributed by atoms with Crippen molar-refractivity contribution in [2.45, 2.75) is 32.6 Å². The molecule has 0 spiro atoms. The number of anilines is 4. The molecule has 4 amide bonds. The Morgan fingerprint density at radius 3 is 1.48 bits per heavy atom. The van der Waals surface area contributed by atoms with E-state index in [4.69, 9.17) is 19.7 Å². The summed E-state index contributed by atoms with van der Waals surface area (Å²) in [7, 11) is -4.13. The van der Waals surface area contributed by atoms with E-state index in [0.29, 0.717) is 45.3 Å². The summed E-state index contributed by atoms with van der Waals surface area (Å²) in [6.07, 6.45) is 4.08. The predicted octanol–water partition coefficient (Wildman–Crippen LogP) is 7.19. The molecule has 0 unspecified atom stereocenters. The Morgan fingerprint density at radius 2 is 1.05 bits per heavy atom. The van der Waals surface area contributed by atoms with Gasteiger partial charge in [0.1, 0.15) is 19.9 Å². The van der Waals surface area contributed by atoms with Crippen molar-refractivity contribution in [1.29, 1.82) is 0 Å². The van der Waals surface area contributed by atoms with Crippen LogP contribution in [0.15, 0.2) is 128 Å². The standard InChI is InChI=1S/C24H21N5O7S2.C23H19N5O7S2/c1-13-8-9-16(15(10-13)20(30)14-6-4-5-7-18(14)36-3)26-22(33)28-23-25-11-19(37-23)38(34,35)24-27-17(21(31)32)12-29(24)2;1-12-7-8-15(14(9-12)19(29)13-5-3-4-6-17(13)35-2)26-21(32)28-22-24-11-18(36-22)37(33,34)23-25-10-16(27-23)20(30)31/h4-12H,1-3H3,(H,31,32)(H2,25,26,28,33);3-11H,1-2H3,(H,25,27)(H,30,31)(H2,24,26,28,32). The summed E-state index contributed by atoms with van der Waals surface area (Å²) in [6, 6.07) is 21.8. The van der Waals surface area contributed by atoms with Gasteiger partial charge in [0.05, 0.1) is 49.1 Å². The van der Waals surface area contributed by atoms with E-state index < -0.39 is 65.4 Å². The monoisotopic (exact) mass is 1100 g/mol. The number of carboxylic acids is 2. The number of benzene rings is 4. The quantitative estimate of drug-likeness (QED) is 0.0471. The minimum Gasteiger partial charge on any atom is -0.496 e. The number of ketones is 2. The van der Waals surface area contributed by atoms with Crippen LogP contribution >= 0.6 is 22.7 Å². The zero-order valence-corrected chi connectivity index (χ0v) is 42.8. The topological polar surface area (TPSA) is 350 Å². The minimum atomic E-state index is -4.20. The van der Waals surface area contributed by atoms with Crippen molar-refractivity contribution in [3.05, 3.63) is 154 Å². The Labute approximate surface area is 433 Å². The Kier molecular flexibility index (Phi) is 16.0. The number of para-hydroxylation sites is 2. The lowest BCUT2D eigenvalue weighted by Crippen LogP contribution is -2.21. The number of nitrogens with one attached hydrogen (secondary N) is 5. The molecule has 0 saturated heterocycles. The normalized spacial score (nSPS) is 11.1. The summed E-state index contributed by atoms with van der Waals surface area (Å²) in [4.78, 5) is 91.4. The number of urea groups is 2. The number of amides is 4. The first-order valence-electron chi connectivity index (χ1n) is 21.3. The number of nitrogens with zero attached hydrogens (tertiary/aromatic N) is 5. The number of carbonyl (C=O) groups is 6. The van der Waals surface area contributed by atoms with E-state index in [1.165, 1.54) is 21.3 Å². The van der Waals surface area contributed by atoms with Gasteiger partial charge in [0.25, 0.3) is 19.7 Å². The molecule has 386 valence electrons. The van der Waals surface area contributed by atoms with E-state index in [-0.39, 0.29) is 52.7 Å².